The van der Waals surface area contributed by atoms with Crippen molar-refractivity contribution in [2.75, 3.05) is 4.90 Å². The van der Waals surface area contributed by atoms with E-state index in [1.165, 1.54) is 112 Å². The maximum Gasteiger partial charge on any atom is 0.0462 e. The Morgan fingerprint density at radius 1 is 0.419 bits per heavy atom. The molecule has 6 aromatic carbocycles. The second kappa shape index (κ2) is 11.4. The molecule has 1 nitrogen and oxygen atoms in total. The molecular weight excluding hydrogens is 518 g/mol. The third-order valence-corrected chi connectivity index (χ3v) is 10.2. The van der Waals surface area contributed by atoms with Crippen LogP contribution in [0.2, 0.25) is 0 Å². The van der Waals surface area contributed by atoms with E-state index in [0.717, 1.165) is 11.8 Å². The Balaban J connectivity index is 1.19. The van der Waals surface area contributed by atoms with Crippen LogP contribution in [0.15, 0.2) is 127 Å². The minimum atomic E-state index is 0.726. The van der Waals surface area contributed by atoms with Gasteiger partial charge in [0.25, 0.3) is 0 Å². The fourth-order valence-electron chi connectivity index (χ4n) is 7.84. The molecule has 0 aliphatic heterocycles. The average Bonchev–Trinajstić information content (AvgIpc) is 3.82. The number of benzene rings is 6. The Bertz CT molecular complexity index is 1790. The molecular formula is C42H39N. The van der Waals surface area contributed by atoms with Crippen molar-refractivity contribution < 1.29 is 0 Å². The van der Waals surface area contributed by atoms with Crippen LogP contribution in [-0.2, 0) is 0 Å². The van der Waals surface area contributed by atoms with Crippen LogP contribution in [0.1, 0.15) is 74.3 Å². The van der Waals surface area contributed by atoms with Crippen molar-refractivity contribution in [1.29, 1.82) is 0 Å². The number of rotatable bonds is 6. The van der Waals surface area contributed by atoms with Crippen LogP contribution in [0.5, 0.6) is 0 Å². The first-order valence-electron chi connectivity index (χ1n) is 16.3. The van der Waals surface area contributed by atoms with Crippen LogP contribution in [0, 0.1) is 0 Å². The Morgan fingerprint density at radius 3 is 1.40 bits per heavy atom. The number of hydrogen-bond donors (Lipinski definition) is 0. The van der Waals surface area contributed by atoms with Gasteiger partial charge in [-0.05, 0) is 124 Å². The zero-order valence-electron chi connectivity index (χ0n) is 24.9. The van der Waals surface area contributed by atoms with Gasteiger partial charge in [0.15, 0.2) is 0 Å². The van der Waals surface area contributed by atoms with E-state index < -0.39 is 0 Å². The molecule has 1 heteroatoms. The first-order chi connectivity index (χ1) is 21.3. The van der Waals surface area contributed by atoms with Crippen molar-refractivity contribution >= 4 is 38.6 Å². The average molecular weight is 558 g/mol. The van der Waals surface area contributed by atoms with Crippen LogP contribution >= 0.6 is 0 Å². The molecule has 43 heavy (non-hydrogen) atoms. The van der Waals surface area contributed by atoms with E-state index in [2.05, 4.69) is 132 Å². The maximum absolute atomic E-state index is 2.43. The second-order valence-corrected chi connectivity index (χ2v) is 12.7. The molecule has 0 aromatic heterocycles. The molecule has 2 fully saturated rings. The molecule has 0 heterocycles. The Hall–Kier alpha value is -4.36. The van der Waals surface area contributed by atoms with E-state index in [1.54, 1.807) is 0 Å². The van der Waals surface area contributed by atoms with Gasteiger partial charge < -0.3 is 4.90 Å². The van der Waals surface area contributed by atoms with Gasteiger partial charge in [-0.15, -0.1) is 0 Å². The zero-order chi connectivity index (χ0) is 28.6. The SMILES string of the molecule is c1ccc2c(c1)cc(-c1ccc(N(c3ccc(C4CCCC4)cc3)c3ccc(C4CCCC4)cc3)cc1)c1ccccc12. The van der Waals surface area contributed by atoms with Crippen molar-refractivity contribution in [1.82, 2.24) is 0 Å². The minimum Gasteiger partial charge on any atom is -0.311 e. The smallest absolute Gasteiger partial charge is 0.0462 e. The van der Waals surface area contributed by atoms with Crippen molar-refractivity contribution in [2.24, 2.45) is 0 Å². The minimum absolute atomic E-state index is 0.726. The highest BCUT2D eigenvalue weighted by Crippen LogP contribution is 2.41. The van der Waals surface area contributed by atoms with Gasteiger partial charge in [0.2, 0.25) is 0 Å². The Labute approximate surface area is 255 Å². The van der Waals surface area contributed by atoms with Gasteiger partial charge in [0.1, 0.15) is 0 Å². The van der Waals surface area contributed by atoms with Gasteiger partial charge in [-0.2, -0.15) is 0 Å². The molecule has 212 valence electrons. The summed E-state index contributed by atoms with van der Waals surface area (Å²) < 4.78 is 0. The van der Waals surface area contributed by atoms with Crippen molar-refractivity contribution in [3.05, 3.63) is 139 Å². The summed E-state index contributed by atoms with van der Waals surface area (Å²) in [5, 5.41) is 5.21. The van der Waals surface area contributed by atoms with Crippen LogP contribution < -0.4 is 4.90 Å². The van der Waals surface area contributed by atoms with Gasteiger partial charge in [0, 0.05) is 17.1 Å². The van der Waals surface area contributed by atoms with Crippen molar-refractivity contribution in [2.45, 2.75) is 63.2 Å². The van der Waals surface area contributed by atoms with E-state index >= 15 is 0 Å². The lowest BCUT2D eigenvalue weighted by Gasteiger charge is -2.27. The van der Waals surface area contributed by atoms with E-state index in [0.29, 0.717) is 0 Å². The van der Waals surface area contributed by atoms with E-state index in [4.69, 9.17) is 0 Å². The fourth-order valence-corrected chi connectivity index (χ4v) is 7.84. The molecule has 0 atom stereocenters. The standard InChI is InChI=1S/C42H39N/c1-2-10-30(9-1)32-17-23-36(24-18-32)43(37-25-19-33(20-26-37)31-11-3-4-12-31)38-27-21-34(22-28-38)42-29-35-13-5-6-14-39(35)40-15-7-8-16-41(40)42/h5-8,13-31H,1-4,9-12H2. The van der Waals surface area contributed by atoms with E-state index in [9.17, 15) is 0 Å². The molecule has 6 aromatic rings. The molecule has 0 saturated heterocycles. The summed E-state index contributed by atoms with van der Waals surface area (Å²) in [6.45, 7) is 0. The van der Waals surface area contributed by atoms with Crippen LogP contribution in [-0.4, -0.2) is 0 Å². The molecule has 2 aliphatic rings. The lowest BCUT2D eigenvalue weighted by molar-refractivity contribution is 0.723. The monoisotopic (exact) mass is 557 g/mol. The lowest BCUT2D eigenvalue weighted by Crippen LogP contribution is -2.10. The first-order valence-corrected chi connectivity index (χ1v) is 16.3. The summed E-state index contributed by atoms with van der Waals surface area (Å²) in [6.07, 6.45) is 10.8. The molecule has 0 spiro atoms. The van der Waals surface area contributed by atoms with Crippen LogP contribution in [0.25, 0.3) is 32.7 Å². The fraction of sp³-hybridized carbons (Fsp3) is 0.238. The molecule has 2 saturated carbocycles. The first kappa shape index (κ1) is 26.3. The molecule has 2 aliphatic carbocycles. The second-order valence-electron chi connectivity index (χ2n) is 12.7. The third kappa shape index (κ3) is 5.01. The number of nitrogens with zero attached hydrogens (tertiary/aromatic N) is 1. The predicted octanol–water partition coefficient (Wildman–Crippen LogP) is 12.4. The molecule has 0 bridgehead atoms. The number of fused-ring (bicyclic) bond motifs is 3. The Morgan fingerprint density at radius 2 is 0.860 bits per heavy atom. The highest BCUT2D eigenvalue weighted by molar-refractivity contribution is 6.13. The van der Waals surface area contributed by atoms with Gasteiger partial charge in [0.05, 0.1) is 0 Å². The molecule has 0 amide bonds. The summed E-state index contributed by atoms with van der Waals surface area (Å²) in [7, 11) is 0. The van der Waals surface area contributed by atoms with Gasteiger partial charge in [-0.1, -0.05) is 111 Å². The zero-order valence-corrected chi connectivity index (χ0v) is 24.9. The summed E-state index contributed by atoms with van der Waals surface area (Å²) in [4.78, 5) is 2.43. The van der Waals surface area contributed by atoms with Crippen molar-refractivity contribution in [3.63, 3.8) is 0 Å². The predicted molar refractivity (Wildman–Crippen MR) is 184 cm³/mol. The van der Waals surface area contributed by atoms with Crippen LogP contribution in [0.3, 0.4) is 0 Å². The number of anilines is 3. The molecule has 8 rings (SSSR count). The van der Waals surface area contributed by atoms with Gasteiger partial charge in [-0.3, -0.25) is 0 Å². The highest BCUT2D eigenvalue weighted by Gasteiger charge is 2.20. The topological polar surface area (TPSA) is 3.24 Å². The van der Waals surface area contributed by atoms with Gasteiger partial charge >= 0.3 is 0 Å². The quantitative estimate of drug-likeness (QED) is 0.184. The molecule has 0 radical (unpaired) electrons. The lowest BCUT2D eigenvalue weighted by atomic mass is 9.93. The molecule has 0 N–H and O–H groups in total. The maximum atomic E-state index is 2.43. The summed E-state index contributed by atoms with van der Waals surface area (Å²) >= 11 is 0. The summed E-state index contributed by atoms with van der Waals surface area (Å²) in [5.74, 6) is 1.45. The molecule has 0 unspecified atom stereocenters. The normalized spacial score (nSPS) is 15.9. The largest absolute Gasteiger partial charge is 0.311 e. The third-order valence-electron chi connectivity index (χ3n) is 10.2. The number of hydrogen-bond acceptors (Lipinski definition) is 1. The van der Waals surface area contributed by atoms with E-state index in [-0.39, 0.29) is 0 Å². The highest BCUT2D eigenvalue weighted by atomic mass is 15.1. The summed E-state index contributed by atoms with van der Waals surface area (Å²) in [5.41, 5.74) is 9.16. The van der Waals surface area contributed by atoms with E-state index in [1.807, 2.05) is 0 Å². The summed E-state index contributed by atoms with van der Waals surface area (Å²) in [6, 6.07) is 48.0. The van der Waals surface area contributed by atoms with Gasteiger partial charge in [-0.25, -0.2) is 0 Å². The van der Waals surface area contributed by atoms with Crippen molar-refractivity contribution in [3.8, 4) is 11.1 Å². The van der Waals surface area contributed by atoms with Crippen LogP contribution in [0.4, 0.5) is 17.1 Å². The Kier molecular flexibility index (Phi) is 6.95.